The Morgan fingerprint density at radius 3 is 2.90 bits per heavy atom. The van der Waals surface area contributed by atoms with Gasteiger partial charge in [0.1, 0.15) is 11.5 Å². The van der Waals surface area contributed by atoms with Gasteiger partial charge in [-0.25, -0.2) is 10.8 Å². The molecule has 0 bridgehead atoms. The van der Waals surface area contributed by atoms with Crippen LogP contribution in [0.15, 0.2) is 30.3 Å². The monoisotopic (exact) mass is 304 g/mol. The van der Waals surface area contributed by atoms with Gasteiger partial charge in [0.2, 0.25) is 0 Å². The van der Waals surface area contributed by atoms with Crippen LogP contribution in [0.4, 0.5) is 5.82 Å². The first-order chi connectivity index (χ1) is 10.2. The lowest BCUT2D eigenvalue weighted by atomic mass is 10.1. The first kappa shape index (κ1) is 15.6. The van der Waals surface area contributed by atoms with Crippen molar-refractivity contribution < 1.29 is 4.79 Å². The summed E-state index contributed by atoms with van der Waals surface area (Å²) >= 11 is 1.80. The van der Waals surface area contributed by atoms with Crippen LogP contribution in [-0.4, -0.2) is 28.4 Å². The number of benzene rings is 1. The number of hydrogen-bond donors (Lipinski definition) is 3. The average molecular weight is 304 g/mol. The van der Waals surface area contributed by atoms with Gasteiger partial charge in [0.25, 0.3) is 5.91 Å². The molecule has 0 aliphatic heterocycles. The summed E-state index contributed by atoms with van der Waals surface area (Å²) in [6.07, 6.45) is 0. The maximum atomic E-state index is 12.3. The SMILES string of the molecule is CCSCC(C)NC(=O)c1cc2ccccc2c(NN)n1. The van der Waals surface area contributed by atoms with E-state index in [1.165, 1.54) is 0 Å². The highest BCUT2D eigenvalue weighted by atomic mass is 32.2. The third-order valence-electron chi connectivity index (χ3n) is 3.06. The van der Waals surface area contributed by atoms with Gasteiger partial charge in [-0.2, -0.15) is 11.8 Å². The predicted molar refractivity (Wildman–Crippen MR) is 89.5 cm³/mol. The van der Waals surface area contributed by atoms with Gasteiger partial charge in [0.05, 0.1) is 0 Å². The summed E-state index contributed by atoms with van der Waals surface area (Å²) in [4.78, 5) is 16.6. The molecule has 0 spiro atoms. The summed E-state index contributed by atoms with van der Waals surface area (Å²) in [5.74, 6) is 7.76. The maximum absolute atomic E-state index is 12.3. The number of pyridine rings is 1. The van der Waals surface area contributed by atoms with Crippen molar-refractivity contribution in [3.8, 4) is 0 Å². The van der Waals surface area contributed by atoms with E-state index in [0.717, 1.165) is 22.3 Å². The number of amides is 1. The highest BCUT2D eigenvalue weighted by molar-refractivity contribution is 7.99. The Morgan fingerprint density at radius 1 is 1.43 bits per heavy atom. The summed E-state index contributed by atoms with van der Waals surface area (Å²) in [5.41, 5.74) is 2.93. The van der Waals surface area contributed by atoms with Gasteiger partial charge in [-0.3, -0.25) is 4.79 Å². The number of nitrogens with zero attached hydrogens (tertiary/aromatic N) is 1. The van der Waals surface area contributed by atoms with Crippen LogP contribution in [0, 0.1) is 0 Å². The molecule has 0 saturated heterocycles. The minimum atomic E-state index is -0.179. The Labute approximate surface area is 128 Å². The van der Waals surface area contributed by atoms with E-state index < -0.39 is 0 Å². The molecule has 0 aliphatic carbocycles. The first-order valence-corrected chi connectivity index (χ1v) is 8.06. The molecule has 21 heavy (non-hydrogen) atoms. The smallest absolute Gasteiger partial charge is 0.270 e. The number of nitrogen functional groups attached to an aromatic ring is 1. The minimum Gasteiger partial charge on any atom is -0.347 e. The molecule has 1 aromatic carbocycles. The molecule has 1 aromatic heterocycles. The van der Waals surface area contributed by atoms with E-state index in [1.807, 2.05) is 31.2 Å². The number of hydrazine groups is 1. The molecule has 0 saturated carbocycles. The number of nitrogens with two attached hydrogens (primary N) is 1. The third-order valence-corrected chi connectivity index (χ3v) is 4.20. The molecule has 1 heterocycles. The number of thioether (sulfide) groups is 1. The molecule has 1 atom stereocenters. The lowest BCUT2D eigenvalue weighted by Crippen LogP contribution is -2.35. The molecule has 1 amide bonds. The zero-order valence-electron chi connectivity index (χ0n) is 12.2. The van der Waals surface area contributed by atoms with E-state index >= 15 is 0 Å². The lowest BCUT2D eigenvalue weighted by Gasteiger charge is -2.14. The second kappa shape index (κ2) is 7.28. The number of hydrogen-bond acceptors (Lipinski definition) is 5. The van der Waals surface area contributed by atoms with Crippen LogP contribution in [0.25, 0.3) is 10.8 Å². The molecule has 0 radical (unpaired) electrons. The first-order valence-electron chi connectivity index (χ1n) is 6.90. The van der Waals surface area contributed by atoms with Crippen LogP contribution in [0.1, 0.15) is 24.3 Å². The van der Waals surface area contributed by atoms with Gasteiger partial charge < -0.3 is 10.7 Å². The average Bonchev–Trinajstić information content (AvgIpc) is 2.51. The molecule has 0 fully saturated rings. The Hall–Kier alpha value is -1.79. The zero-order valence-corrected chi connectivity index (χ0v) is 13.0. The number of carbonyl (C=O) groups excluding carboxylic acids is 1. The van der Waals surface area contributed by atoms with Crippen LogP contribution in [0.3, 0.4) is 0 Å². The highest BCUT2D eigenvalue weighted by Crippen LogP contribution is 2.21. The zero-order chi connectivity index (χ0) is 15.2. The molecular weight excluding hydrogens is 284 g/mol. The van der Waals surface area contributed by atoms with Crippen molar-refractivity contribution in [3.05, 3.63) is 36.0 Å². The fourth-order valence-electron chi connectivity index (χ4n) is 2.06. The van der Waals surface area contributed by atoms with Gasteiger partial charge in [-0.05, 0) is 24.1 Å². The number of aromatic nitrogens is 1. The fourth-order valence-corrected chi connectivity index (χ4v) is 2.73. The van der Waals surface area contributed by atoms with Crippen molar-refractivity contribution in [1.29, 1.82) is 0 Å². The Bertz CT molecular complexity index is 632. The third kappa shape index (κ3) is 3.86. The van der Waals surface area contributed by atoms with Crippen LogP contribution in [0.5, 0.6) is 0 Å². The van der Waals surface area contributed by atoms with Crippen molar-refractivity contribution in [2.75, 3.05) is 16.9 Å². The molecule has 0 aliphatic rings. The molecule has 6 heteroatoms. The standard InChI is InChI=1S/C15H20N4OS/c1-3-21-9-10(2)17-15(20)13-8-11-6-4-5-7-12(11)14(18-13)19-16/h4-8,10H,3,9,16H2,1-2H3,(H,17,20)(H,18,19). The Morgan fingerprint density at radius 2 is 2.19 bits per heavy atom. The molecular formula is C15H20N4OS. The second-order valence-electron chi connectivity index (χ2n) is 4.76. The van der Waals surface area contributed by atoms with Crippen LogP contribution < -0.4 is 16.6 Å². The molecule has 1 unspecified atom stereocenters. The van der Waals surface area contributed by atoms with Crippen molar-refractivity contribution in [2.24, 2.45) is 5.84 Å². The minimum absolute atomic E-state index is 0.102. The molecule has 112 valence electrons. The van der Waals surface area contributed by atoms with Crippen LogP contribution >= 0.6 is 11.8 Å². The summed E-state index contributed by atoms with van der Waals surface area (Å²) in [5, 5.41) is 4.78. The van der Waals surface area contributed by atoms with Gasteiger partial charge in [-0.1, -0.05) is 31.2 Å². The highest BCUT2D eigenvalue weighted by Gasteiger charge is 2.13. The van der Waals surface area contributed by atoms with Gasteiger partial charge in [0, 0.05) is 17.2 Å². The lowest BCUT2D eigenvalue weighted by molar-refractivity contribution is 0.0939. The Balaban J connectivity index is 2.23. The summed E-state index contributed by atoms with van der Waals surface area (Å²) in [6, 6.07) is 9.57. The number of rotatable bonds is 6. The number of anilines is 1. The Kier molecular flexibility index (Phi) is 5.41. The summed E-state index contributed by atoms with van der Waals surface area (Å²) in [7, 11) is 0. The quantitative estimate of drug-likeness (QED) is 0.564. The normalized spacial score (nSPS) is 12.1. The van der Waals surface area contributed by atoms with E-state index in [-0.39, 0.29) is 11.9 Å². The van der Waals surface area contributed by atoms with Gasteiger partial charge in [0.15, 0.2) is 0 Å². The van der Waals surface area contributed by atoms with E-state index in [9.17, 15) is 4.79 Å². The number of fused-ring (bicyclic) bond motifs is 1. The van der Waals surface area contributed by atoms with Crippen LogP contribution in [0.2, 0.25) is 0 Å². The molecule has 4 N–H and O–H groups in total. The van der Waals surface area contributed by atoms with E-state index in [0.29, 0.717) is 11.5 Å². The summed E-state index contributed by atoms with van der Waals surface area (Å²) in [6.45, 7) is 4.09. The predicted octanol–water partition coefficient (Wildman–Crippen LogP) is 2.39. The van der Waals surface area contributed by atoms with Crippen molar-refractivity contribution in [2.45, 2.75) is 19.9 Å². The van der Waals surface area contributed by atoms with Crippen molar-refractivity contribution in [1.82, 2.24) is 10.3 Å². The van der Waals surface area contributed by atoms with E-state index in [4.69, 9.17) is 5.84 Å². The molecule has 5 nitrogen and oxygen atoms in total. The van der Waals surface area contributed by atoms with Crippen molar-refractivity contribution >= 4 is 34.3 Å². The largest absolute Gasteiger partial charge is 0.347 e. The van der Waals surface area contributed by atoms with Gasteiger partial charge in [-0.15, -0.1) is 0 Å². The number of carbonyl (C=O) groups is 1. The molecule has 2 aromatic rings. The summed E-state index contributed by atoms with van der Waals surface area (Å²) < 4.78 is 0. The van der Waals surface area contributed by atoms with E-state index in [2.05, 4.69) is 22.7 Å². The molecule has 2 rings (SSSR count). The van der Waals surface area contributed by atoms with Gasteiger partial charge >= 0.3 is 0 Å². The topological polar surface area (TPSA) is 80.0 Å². The van der Waals surface area contributed by atoms with Crippen LogP contribution in [-0.2, 0) is 0 Å². The van der Waals surface area contributed by atoms with Crippen molar-refractivity contribution in [3.63, 3.8) is 0 Å². The number of nitrogens with one attached hydrogen (secondary N) is 2. The van der Waals surface area contributed by atoms with E-state index in [1.54, 1.807) is 17.8 Å². The second-order valence-corrected chi connectivity index (χ2v) is 6.07. The fraction of sp³-hybridized carbons (Fsp3) is 0.333. The maximum Gasteiger partial charge on any atom is 0.270 e.